The highest BCUT2D eigenvalue weighted by Gasteiger charge is 2.11. The Morgan fingerprint density at radius 3 is 2.79 bits per heavy atom. The van der Waals surface area contributed by atoms with Crippen LogP contribution in [0.1, 0.15) is 26.1 Å². The molecular formula is C15H21ClN2O. The van der Waals surface area contributed by atoms with E-state index in [2.05, 4.69) is 29.5 Å². The predicted octanol–water partition coefficient (Wildman–Crippen LogP) is 3.87. The summed E-state index contributed by atoms with van der Waals surface area (Å²) in [7, 11) is 1.69. The summed E-state index contributed by atoms with van der Waals surface area (Å²) in [6.07, 6.45) is 1.94. The van der Waals surface area contributed by atoms with Gasteiger partial charge >= 0.3 is 0 Å². The number of ether oxygens (including phenoxy) is 1. The first kappa shape index (κ1) is 14.2. The lowest BCUT2D eigenvalue weighted by atomic mass is 10.1. The molecule has 2 aromatic rings. The lowest BCUT2D eigenvalue weighted by molar-refractivity contribution is 0.415. The topological polar surface area (TPSA) is 27.1 Å². The molecule has 0 saturated carbocycles. The van der Waals surface area contributed by atoms with Crippen molar-refractivity contribution in [2.75, 3.05) is 13.0 Å². The molecule has 19 heavy (non-hydrogen) atoms. The van der Waals surface area contributed by atoms with Crippen LogP contribution in [0.5, 0.6) is 5.75 Å². The lowest BCUT2D eigenvalue weighted by Crippen LogP contribution is -2.07. The molecule has 0 aliphatic rings. The molecule has 1 aromatic heterocycles. The summed E-state index contributed by atoms with van der Waals surface area (Å²) in [5, 5.41) is 0. The quantitative estimate of drug-likeness (QED) is 0.751. The fraction of sp³-hybridized carbons (Fsp3) is 0.533. The van der Waals surface area contributed by atoms with E-state index in [4.69, 9.17) is 16.3 Å². The summed E-state index contributed by atoms with van der Waals surface area (Å²) in [5.41, 5.74) is 2.16. The van der Waals surface area contributed by atoms with Crippen LogP contribution in [0.25, 0.3) is 11.0 Å². The minimum atomic E-state index is 0.599. The first-order chi connectivity index (χ1) is 9.15. The molecule has 0 saturated heterocycles. The van der Waals surface area contributed by atoms with Crippen molar-refractivity contribution in [2.24, 2.45) is 5.92 Å². The van der Waals surface area contributed by atoms with E-state index in [0.717, 1.165) is 42.0 Å². The minimum Gasteiger partial charge on any atom is -0.497 e. The Morgan fingerprint density at radius 1 is 1.37 bits per heavy atom. The standard InChI is InChI=1S/C15H21ClN2O/c1-11(2)7-9-18-14-10-12(19-3)4-5-13(14)17-15(18)6-8-16/h4-5,10-11H,6-9H2,1-3H3. The van der Waals surface area contributed by atoms with E-state index >= 15 is 0 Å². The molecule has 0 N–H and O–H groups in total. The lowest BCUT2D eigenvalue weighted by Gasteiger charge is -2.10. The average Bonchev–Trinajstić information content (AvgIpc) is 2.73. The van der Waals surface area contributed by atoms with E-state index in [1.54, 1.807) is 7.11 Å². The van der Waals surface area contributed by atoms with Crippen molar-refractivity contribution in [3.8, 4) is 5.75 Å². The van der Waals surface area contributed by atoms with Gasteiger partial charge < -0.3 is 9.30 Å². The summed E-state index contributed by atoms with van der Waals surface area (Å²) in [4.78, 5) is 4.68. The zero-order valence-corrected chi connectivity index (χ0v) is 12.6. The van der Waals surface area contributed by atoms with Crippen LogP contribution in [0.15, 0.2) is 18.2 Å². The Labute approximate surface area is 119 Å². The zero-order chi connectivity index (χ0) is 13.8. The highest BCUT2D eigenvalue weighted by Crippen LogP contribution is 2.23. The van der Waals surface area contributed by atoms with Crippen LogP contribution in [0.3, 0.4) is 0 Å². The number of alkyl halides is 1. The van der Waals surface area contributed by atoms with E-state index in [-0.39, 0.29) is 0 Å². The van der Waals surface area contributed by atoms with Crippen LogP contribution in [-0.2, 0) is 13.0 Å². The second-order valence-electron chi connectivity index (χ2n) is 5.16. The smallest absolute Gasteiger partial charge is 0.121 e. The molecule has 1 heterocycles. The Balaban J connectivity index is 2.43. The molecule has 1 aromatic carbocycles. The maximum Gasteiger partial charge on any atom is 0.121 e. The van der Waals surface area contributed by atoms with Crippen molar-refractivity contribution in [1.82, 2.24) is 9.55 Å². The van der Waals surface area contributed by atoms with E-state index in [9.17, 15) is 0 Å². The number of nitrogens with zero attached hydrogens (tertiary/aromatic N) is 2. The molecule has 0 spiro atoms. The number of aryl methyl sites for hydroxylation is 2. The third kappa shape index (κ3) is 3.21. The van der Waals surface area contributed by atoms with Gasteiger partial charge in [0.25, 0.3) is 0 Å². The molecule has 0 unspecified atom stereocenters. The monoisotopic (exact) mass is 280 g/mol. The van der Waals surface area contributed by atoms with Gasteiger partial charge in [-0.25, -0.2) is 4.98 Å². The number of hydrogen-bond donors (Lipinski definition) is 0. The van der Waals surface area contributed by atoms with Crippen molar-refractivity contribution in [1.29, 1.82) is 0 Å². The van der Waals surface area contributed by atoms with Gasteiger partial charge in [0.2, 0.25) is 0 Å². The predicted molar refractivity (Wildman–Crippen MR) is 80.2 cm³/mol. The number of halogens is 1. The Hall–Kier alpha value is -1.22. The summed E-state index contributed by atoms with van der Waals surface area (Å²) in [6.45, 7) is 5.45. The summed E-state index contributed by atoms with van der Waals surface area (Å²) >= 11 is 5.88. The maximum atomic E-state index is 5.88. The number of aromatic nitrogens is 2. The van der Waals surface area contributed by atoms with Gasteiger partial charge in [-0.1, -0.05) is 13.8 Å². The normalized spacial score (nSPS) is 11.4. The number of benzene rings is 1. The second-order valence-corrected chi connectivity index (χ2v) is 5.53. The third-order valence-electron chi connectivity index (χ3n) is 3.28. The van der Waals surface area contributed by atoms with Gasteiger partial charge in [-0.2, -0.15) is 0 Å². The van der Waals surface area contributed by atoms with Crippen molar-refractivity contribution in [2.45, 2.75) is 33.2 Å². The van der Waals surface area contributed by atoms with Crippen LogP contribution < -0.4 is 4.74 Å². The SMILES string of the molecule is COc1ccc2nc(CCCl)n(CCC(C)C)c2c1. The molecule has 4 heteroatoms. The number of hydrogen-bond acceptors (Lipinski definition) is 2. The maximum absolute atomic E-state index is 5.88. The van der Waals surface area contributed by atoms with Crippen LogP contribution in [0.4, 0.5) is 0 Å². The highest BCUT2D eigenvalue weighted by atomic mass is 35.5. The van der Waals surface area contributed by atoms with Crippen LogP contribution in [0, 0.1) is 5.92 Å². The van der Waals surface area contributed by atoms with Gasteiger partial charge in [0, 0.05) is 24.9 Å². The largest absolute Gasteiger partial charge is 0.497 e. The average molecular weight is 281 g/mol. The molecule has 0 radical (unpaired) electrons. The fourth-order valence-corrected chi connectivity index (χ4v) is 2.36. The summed E-state index contributed by atoms with van der Waals surface area (Å²) in [6, 6.07) is 6.02. The number of fused-ring (bicyclic) bond motifs is 1. The number of imidazole rings is 1. The van der Waals surface area contributed by atoms with E-state index in [1.165, 1.54) is 0 Å². The Bertz CT molecular complexity index is 548. The molecule has 0 fully saturated rings. The minimum absolute atomic E-state index is 0.599. The molecule has 0 aliphatic heterocycles. The fourth-order valence-electron chi connectivity index (χ4n) is 2.19. The number of rotatable bonds is 6. The van der Waals surface area contributed by atoms with E-state index in [1.807, 2.05) is 12.1 Å². The van der Waals surface area contributed by atoms with Crippen LogP contribution in [-0.4, -0.2) is 22.5 Å². The van der Waals surface area contributed by atoms with Gasteiger partial charge in [-0.15, -0.1) is 11.6 Å². The van der Waals surface area contributed by atoms with Crippen molar-refractivity contribution in [3.05, 3.63) is 24.0 Å². The molecule has 104 valence electrons. The van der Waals surface area contributed by atoms with Gasteiger partial charge in [-0.05, 0) is 24.5 Å². The van der Waals surface area contributed by atoms with Crippen molar-refractivity contribution >= 4 is 22.6 Å². The molecule has 3 nitrogen and oxygen atoms in total. The van der Waals surface area contributed by atoms with Gasteiger partial charge in [0.1, 0.15) is 11.6 Å². The second kappa shape index (κ2) is 6.29. The third-order valence-corrected chi connectivity index (χ3v) is 3.47. The molecule has 0 amide bonds. The van der Waals surface area contributed by atoms with Crippen molar-refractivity contribution in [3.63, 3.8) is 0 Å². The first-order valence-electron chi connectivity index (χ1n) is 6.74. The molecular weight excluding hydrogens is 260 g/mol. The van der Waals surface area contributed by atoms with E-state index in [0.29, 0.717) is 11.8 Å². The Morgan fingerprint density at radius 2 is 2.16 bits per heavy atom. The summed E-state index contributed by atoms with van der Waals surface area (Å²) in [5.74, 6) is 3.21. The zero-order valence-electron chi connectivity index (χ0n) is 11.8. The van der Waals surface area contributed by atoms with Crippen molar-refractivity contribution < 1.29 is 4.74 Å². The van der Waals surface area contributed by atoms with E-state index < -0.39 is 0 Å². The summed E-state index contributed by atoms with van der Waals surface area (Å²) < 4.78 is 7.58. The first-order valence-corrected chi connectivity index (χ1v) is 7.28. The van der Waals surface area contributed by atoms with Gasteiger partial charge in [0.05, 0.1) is 18.1 Å². The molecule has 2 rings (SSSR count). The highest BCUT2D eigenvalue weighted by molar-refractivity contribution is 6.17. The van der Waals surface area contributed by atoms with Gasteiger partial charge in [0.15, 0.2) is 0 Å². The van der Waals surface area contributed by atoms with Crippen LogP contribution >= 0.6 is 11.6 Å². The van der Waals surface area contributed by atoms with Gasteiger partial charge in [-0.3, -0.25) is 0 Å². The Kier molecular flexibility index (Phi) is 4.70. The number of methoxy groups -OCH3 is 1. The van der Waals surface area contributed by atoms with Crippen LogP contribution in [0.2, 0.25) is 0 Å². The molecule has 0 atom stereocenters. The molecule has 0 bridgehead atoms. The molecule has 0 aliphatic carbocycles.